The van der Waals surface area contributed by atoms with Crippen molar-refractivity contribution in [3.8, 4) is 28.8 Å². The van der Waals surface area contributed by atoms with Gasteiger partial charge in [0.25, 0.3) is 0 Å². The van der Waals surface area contributed by atoms with E-state index in [0.29, 0.717) is 34.1 Å². The molecule has 0 aliphatic carbocycles. The largest absolute Gasteiger partial charge is 3.00 e. The van der Waals surface area contributed by atoms with Gasteiger partial charge < -0.3 is 19.1 Å². The maximum atomic E-state index is 9.84. The van der Waals surface area contributed by atoms with Crippen molar-refractivity contribution in [1.29, 1.82) is 5.26 Å². The van der Waals surface area contributed by atoms with Crippen molar-refractivity contribution < 1.29 is 28.9 Å². The molecule has 44 heavy (non-hydrogen) atoms. The van der Waals surface area contributed by atoms with Gasteiger partial charge in [0.1, 0.15) is 17.2 Å². The van der Waals surface area contributed by atoms with Crippen LogP contribution >= 0.6 is 0 Å². The minimum absolute atomic E-state index is 0. The van der Waals surface area contributed by atoms with E-state index < -0.39 is 0 Å². The Bertz CT molecular complexity index is 2080. The third-order valence-electron chi connectivity index (χ3n) is 7.39. The molecule has 0 spiro atoms. The Kier molecular flexibility index (Phi) is 8.91. The van der Waals surface area contributed by atoms with Gasteiger partial charge in [-0.1, -0.05) is 59.3 Å². The molecular weight excluding hydrogens is 727 g/mol. The van der Waals surface area contributed by atoms with Crippen molar-refractivity contribution in [2.45, 2.75) is 40.7 Å². The van der Waals surface area contributed by atoms with E-state index in [-0.39, 0.29) is 26.1 Å². The maximum absolute atomic E-state index is 9.84. The first kappa shape index (κ1) is 30.6. The fourth-order valence-corrected chi connectivity index (χ4v) is 4.87. The Balaban J connectivity index is 0.000000216. The van der Waals surface area contributed by atoms with Gasteiger partial charge in [-0.25, -0.2) is 0 Å². The van der Waals surface area contributed by atoms with E-state index in [2.05, 4.69) is 76.8 Å². The van der Waals surface area contributed by atoms with Crippen LogP contribution in [0, 0.1) is 51.2 Å². The number of hydrogen-bond donors (Lipinski definition) is 0. The molecule has 8 heteroatoms. The smallest absolute Gasteiger partial charge is 0.683 e. The van der Waals surface area contributed by atoms with Crippen LogP contribution in [0.4, 0.5) is 0 Å². The van der Waals surface area contributed by atoms with Crippen LogP contribution in [-0.2, 0) is 20.1 Å². The molecule has 218 valence electrons. The molecule has 0 fully saturated rings. The van der Waals surface area contributed by atoms with E-state index in [4.69, 9.17) is 8.83 Å². The normalized spacial score (nSPS) is 13.8. The van der Waals surface area contributed by atoms with E-state index in [1.165, 1.54) is 11.1 Å². The average molecular weight is 755 g/mol. The predicted octanol–water partition coefficient (Wildman–Crippen LogP) is 8.98. The van der Waals surface area contributed by atoms with E-state index >= 15 is 0 Å². The zero-order valence-electron chi connectivity index (χ0n) is 24.9. The molecule has 0 saturated heterocycles. The monoisotopic (exact) mass is 755 g/mol. The van der Waals surface area contributed by atoms with Crippen molar-refractivity contribution in [1.82, 2.24) is 15.2 Å². The van der Waals surface area contributed by atoms with Crippen LogP contribution in [0.25, 0.3) is 50.0 Å². The molecule has 0 N–H and O–H groups in total. The molecule has 6 aromatic rings. The van der Waals surface area contributed by atoms with Gasteiger partial charge in [0.2, 0.25) is 11.8 Å². The summed E-state index contributed by atoms with van der Waals surface area (Å²) in [6, 6.07) is 24.6. The SMILES string of the molecule is CC1=C[N-]C(c2[c-]cc(C)cc2)C=C1.Cc1nnc(-c2ccc3c(oc4c(-c5cc(C)c(C)cn5)[c-]ccc43)c2C#N)o1.[Ir+3]. The number of aromatic nitrogens is 3. The molecule has 3 aromatic heterocycles. The standard InChI is InChI=1S/C23H15N4O2.C13H13N.Ir/c1-12-9-20(25-11-13(12)2)18-6-4-5-15-16-7-8-17(23-27-26-14(3)28-23)19(10-24)22(16)29-21(15)18;1-10-3-6-12(7-4-10)13-8-5-11(2)9-14-13;/h4-5,7-9,11H,1-3H3;3-6,8-9,13H,1-2H3;/q-1;-2;+3. The molecular formula is C36H28IrN5O2. The number of nitriles is 1. The maximum Gasteiger partial charge on any atom is 3.00 e. The summed E-state index contributed by atoms with van der Waals surface area (Å²) >= 11 is 0. The van der Waals surface area contributed by atoms with Gasteiger partial charge in [0.15, 0.2) is 0 Å². The number of furan rings is 1. The number of allylic oxidation sites excluding steroid dienone is 2. The van der Waals surface area contributed by atoms with Gasteiger partial charge in [0.05, 0.1) is 11.1 Å². The number of rotatable bonds is 3. The third kappa shape index (κ3) is 5.98. The van der Waals surface area contributed by atoms with Crippen molar-refractivity contribution in [2.75, 3.05) is 0 Å². The first-order valence-electron chi connectivity index (χ1n) is 13.9. The Hall–Kier alpha value is -4.83. The summed E-state index contributed by atoms with van der Waals surface area (Å²) in [6.45, 7) is 9.90. The molecule has 1 aliphatic heterocycles. The predicted molar refractivity (Wildman–Crippen MR) is 167 cm³/mol. The van der Waals surface area contributed by atoms with Gasteiger partial charge in [0, 0.05) is 18.5 Å². The zero-order valence-corrected chi connectivity index (χ0v) is 27.3. The molecule has 4 heterocycles. The van der Waals surface area contributed by atoms with E-state index in [9.17, 15) is 5.26 Å². The van der Waals surface area contributed by atoms with E-state index in [1.54, 1.807) is 6.92 Å². The second-order valence-corrected chi connectivity index (χ2v) is 10.6. The fourth-order valence-electron chi connectivity index (χ4n) is 4.87. The van der Waals surface area contributed by atoms with Gasteiger partial charge in [-0.05, 0) is 38.1 Å². The Morgan fingerprint density at radius 1 is 0.909 bits per heavy atom. The Morgan fingerprint density at radius 2 is 1.73 bits per heavy atom. The molecule has 0 radical (unpaired) electrons. The summed E-state index contributed by atoms with van der Waals surface area (Å²) in [5, 5.41) is 23.9. The second kappa shape index (κ2) is 12.8. The molecule has 1 atom stereocenters. The summed E-state index contributed by atoms with van der Waals surface area (Å²) in [7, 11) is 0. The number of hydrogen-bond acceptors (Lipinski definition) is 6. The Morgan fingerprint density at radius 3 is 2.39 bits per heavy atom. The van der Waals surface area contributed by atoms with Gasteiger partial charge in [-0.15, -0.1) is 28.4 Å². The number of benzene rings is 3. The van der Waals surface area contributed by atoms with Crippen LogP contribution in [0.3, 0.4) is 0 Å². The van der Waals surface area contributed by atoms with Crippen molar-refractivity contribution in [2.24, 2.45) is 0 Å². The van der Waals surface area contributed by atoms with Crippen LogP contribution in [0.15, 0.2) is 87.5 Å². The van der Waals surface area contributed by atoms with Crippen LogP contribution in [0.2, 0.25) is 0 Å². The van der Waals surface area contributed by atoms with Crippen molar-refractivity contribution in [3.05, 3.63) is 130 Å². The Labute approximate surface area is 269 Å². The number of nitrogens with zero attached hydrogens (tertiary/aromatic N) is 5. The minimum atomic E-state index is 0. The molecule has 7 rings (SSSR count). The van der Waals surface area contributed by atoms with Crippen LogP contribution < -0.4 is 0 Å². The number of pyridine rings is 1. The summed E-state index contributed by atoms with van der Waals surface area (Å²) in [4.78, 5) is 4.55. The number of fused-ring (bicyclic) bond motifs is 3. The van der Waals surface area contributed by atoms with E-state index in [0.717, 1.165) is 38.7 Å². The average Bonchev–Trinajstić information content (AvgIpc) is 3.62. The fraction of sp³-hybridized carbons (Fsp3) is 0.167. The molecule has 0 bridgehead atoms. The summed E-state index contributed by atoms with van der Waals surface area (Å²) in [6.07, 6.45) is 7.97. The molecule has 0 amide bonds. The first-order chi connectivity index (χ1) is 20.8. The summed E-state index contributed by atoms with van der Waals surface area (Å²) in [5.74, 6) is 0.732. The molecule has 0 saturated carbocycles. The topological polar surface area (TPSA) is 103 Å². The van der Waals surface area contributed by atoms with Crippen LogP contribution in [-0.4, -0.2) is 15.2 Å². The van der Waals surface area contributed by atoms with Crippen LogP contribution in [0.5, 0.6) is 0 Å². The molecule has 1 unspecified atom stereocenters. The summed E-state index contributed by atoms with van der Waals surface area (Å²) < 4.78 is 11.7. The number of aryl methyl sites for hydroxylation is 4. The minimum Gasteiger partial charge on any atom is -0.683 e. The zero-order chi connectivity index (χ0) is 30.1. The second-order valence-electron chi connectivity index (χ2n) is 10.6. The van der Waals surface area contributed by atoms with Crippen molar-refractivity contribution in [3.63, 3.8) is 0 Å². The van der Waals surface area contributed by atoms with E-state index in [1.807, 2.05) is 62.6 Å². The van der Waals surface area contributed by atoms with Gasteiger partial charge in [-0.3, -0.25) is 0 Å². The molecule has 3 aromatic carbocycles. The quantitative estimate of drug-likeness (QED) is 0.167. The molecule has 7 nitrogen and oxygen atoms in total. The van der Waals surface area contributed by atoms with Crippen molar-refractivity contribution >= 4 is 21.9 Å². The third-order valence-corrected chi connectivity index (χ3v) is 7.39. The molecule has 1 aliphatic rings. The first-order valence-corrected chi connectivity index (χ1v) is 13.9. The van der Waals surface area contributed by atoms with Gasteiger partial charge in [-0.2, -0.15) is 46.9 Å². The summed E-state index contributed by atoms with van der Waals surface area (Å²) in [5.41, 5.74) is 9.43. The van der Waals surface area contributed by atoms with Gasteiger partial charge >= 0.3 is 20.1 Å². The van der Waals surface area contributed by atoms with Crippen LogP contribution in [0.1, 0.15) is 46.7 Å².